The molecule has 45 valence electrons. The predicted octanol–water partition coefficient (Wildman–Crippen LogP) is 1.03. The molecular weight excluding hydrogens is 102 g/mol. The standard InChI is InChI=1S/C6H10NO/c1-2-3-6-7-4-5-8-6/h1-5H2. The van der Waals surface area contributed by atoms with Crippen molar-refractivity contribution in [2.24, 2.45) is 4.99 Å². The molecule has 0 bridgehead atoms. The lowest BCUT2D eigenvalue weighted by atomic mass is 10.3. The van der Waals surface area contributed by atoms with Gasteiger partial charge in [-0.15, -0.1) is 0 Å². The van der Waals surface area contributed by atoms with Gasteiger partial charge < -0.3 is 4.74 Å². The highest BCUT2D eigenvalue weighted by Crippen LogP contribution is 1.99. The van der Waals surface area contributed by atoms with Gasteiger partial charge in [-0.2, -0.15) is 0 Å². The molecule has 0 aromatic heterocycles. The van der Waals surface area contributed by atoms with Crippen LogP contribution in [0, 0.1) is 6.92 Å². The summed E-state index contributed by atoms with van der Waals surface area (Å²) >= 11 is 0. The van der Waals surface area contributed by atoms with Gasteiger partial charge in [0.25, 0.3) is 0 Å². The molecule has 0 atom stereocenters. The lowest BCUT2D eigenvalue weighted by Crippen LogP contribution is -1.96. The summed E-state index contributed by atoms with van der Waals surface area (Å²) in [6, 6.07) is 0. The highest BCUT2D eigenvalue weighted by atomic mass is 16.5. The van der Waals surface area contributed by atoms with Crippen LogP contribution in [0.2, 0.25) is 0 Å². The van der Waals surface area contributed by atoms with Crippen molar-refractivity contribution in [2.75, 3.05) is 13.2 Å². The average Bonchev–Trinajstić information content (AvgIpc) is 2.19. The third-order valence-electron chi connectivity index (χ3n) is 1.04. The molecule has 0 aliphatic carbocycles. The maximum absolute atomic E-state index is 5.10. The van der Waals surface area contributed by atoms with Gasteiger partial charge in [0, 0.05) is 6.42 Å². The summed E-state index contributed by atoms with van der Waals surface area (Å²) in [7, 11) is 0. The minimum atomic E-state index is 0.773. The Bertz CT molecular complexity index is 98.7. The fourth-order valence-corrected chi connectivity index (χ4v) is 0.682. The van der Waals surface area contributed by atoms with Crippen molar-refractivity contribution in [1.29, 1.82) is 0 Å². The van der Waals surface area contributed by atoms with Crippen LogP contribution in [0.1, 0.15) is 12.8 Å². The van der Waals surface area contributed by atoms with Crippen LogP contribution in [-0.4, -0.2) is 19.0 Å². The molecule has 0 spiro atoms. The van der Waals surface area contributed by atoms with Gasteiger partial charge in [-0.1, -0.05) is 6.92 Å². The normalized spacial score (nSPS) is 17.9. The quantitative estimate of drug-likeness (QED) is 0.522. The zero-order valence-electron chi connectivity index (χ0n) is 4.89. The first kappa shape index (κ1) is 5.60. The van der Waals surface area contributed by atoms with E-state index >= 15 is 0 Å². The summed E-state index contributed by atoms with van der Waals surface area (Å²) in [5.74, 6) is 0.889. The molecule has 0 saturated carbocycles. The molecule has 8 heavy (non-hydrogen) atoms. The van der Waals surface area contributed by atoms with Crippen LogP contribution in [0.3, 0.4) is 0 Å². The molecule has 0 unspecified atom stereocenters. The van der Waals surface area contributed by atoms with Crippen molar-refractivity contribution < 1.29 is 4.74 Å². The molecule has 0 N–H and O–H groups in total. The number of hydrogen-bond acceptors (Lipinski definition) is 2. The van der Waals surface area contributed by atoms with E-state index in [0.29, 0.717) is 0 Å². The van der Waals surface area contributed by atoms with Crippen LogP contribution in [-0.2, 0) is 4.74 Å². The fraction of sp³-hybridized carbons (Fsp3) is 0.667. The van der Waals surface area contributed by atoms with Gasteiger partial charge in [-0.25, -0.2) is 0 Å². The number of nitrogens with zero attached hydrogens (tertiary/aromatic N) is 1. The fourth-order valence-electron chi connectivity index (χ4n) is 0.682. The first-order chi connectivity index (χ1) is 3.93. The number of rotatable bonds is 2. The number of aliphatic imine (C=N–C) groups is 1. The first-order valence-corrected chi connectivity index (χ1v) is 2.89. The van der Waals surface area contributed by atoms with Gasteiger partial charge in [-0.3, -0.25) is 4.99 Å². The van der Waals surface area contributed by atoms with Crippen molar-refractivity contribution in [3.05, 3.63) is 6.92 Å². The monoisotopic (exact) mass is 112 g/mol. The second kappa shape index (κ2) is 2.70. The van der Waals surface area contributed by atoms with E-state index in [1.165, 1.54) is 0 Å². The van der Waals surface area contributed by atoms with E-state index in [4.69, 9.17) is 4.74 Å². The Balaban J connectivity index is 2.23. The third-order valence-corrected chi connectivity index (χ3v) is 1.04. The predicted molar refractivity (Wildman–Crippen MR) is 32.8 cm³/mol. The summed E-state index contributed by atoms with van der Waals surface area (Å²) in [5, 5.41) is 0. The van der Waals surface area contributed by atoms with Crippen LogP contribution < -0.4 is 0 Å². The van der Waals surface area contributed by atoms with Crippen molar-refractivity contribution in [2.45, 2.75) is 12.8 Å². The van der Waals surface area contributed by atoms with E-state index in [-0.39, 0.29) is 0 Å². The van der Waals surface area contributed by atoms with E-state index in [1.54, 1.807) is 0 Å². The molecule has 1 radical (unpaired) electrons. The van der Waals surface area contributed by atoms with Crippen LogP contribution in [0.5, 0.6) is 0 Å². The minimum Gasteiger partial charge on any atom is -0.479 e. The van der Waals surface area contributed by atoms with Crippen LogP contribution >= 0.6 is 0 Å². The molecule has 1 aliphatic rings. The van der Waals surface area contributed by atoms with E-state index in [0.717, 1.165) is 31.9 Å². The highest BCUT2D eigenvalue weighted by Gasteiger charge is 2.03. The molecule has 1 aliphatic heterocycles. The van der Waals surface area contributed by atoms with Crippen molar-refractivity contribution >= 4 is 5.90 Å². The van der Waals surface area contributed by atoms with Gasteiger partial charge in [-0.05, 0) is 6.42 Å². The molecule has 2 heteroatoms. The molecule has 2 nitrogen and oxygen atoms in total. The maximum atomic E-state index is 5.10. The van der Waals surface area contributed by atoms with Crippen LogP contribution in [0.25, 0.3) is 0 Å². The second-order valence-corrected chi connectivity index (χ2v) is 1.73. The summed E-state index contributed by atoms with van der Waals surface area (Å²) < 4.78 is 5.10. The zero-order chi connectivity index (χ0) is 5.82. The van der Waals surface area contributed by atoms with E-state index in [9.17, 15) is 0 Å². The first-order valence-electron chi connectivity index (χ1n) is 2.89. The van der Waals surface area contributed by atoms with Crippen LogP contribution in [0.4, 0.5) is 0 Å². The highest BCUT2D eigenvalue weighted by molar-refractivity contribution is 5.77. The van der Waals surface area contributed by atoms with E-state index in [1.807, 2.05) is 0 Å². The summed E-state index contributed by atoms with van der Waals surface area (Å²) in [5.41, 5.74) is 0. The Hall–Kier alpha value is -0.530. The van der Waals surface area contributed by atoms with Gasteiger partial charge in [0.15, 0.2) is 5.90 Å². The Labute approximate surface area is 49.6 Å². The summed E-state index contributed by atoms with van der Waals surface area (Å²) in [6.07, 6.45) is 1.79. The van der Waals surface area contributed by atoms with Gasteiger partial charge in [0.1, 0.15) is 6.61 Å². The molecule has 0 saturated heterocycles. The summed E-state index contributed by atoms with van der Waals surface area (Å²) in [4.78, 5) is 4.08. The molecular formula is C6H10NO. The van der Waals surface area contributed by atoms with E-state index < -0.39 is 0 Å². The smallest absolute Gasteiger partial charge is 0.183 e. The van der Waals surface area contributed by atoms with Gasteiger partial charge in [0.2, 0.25) is 0 Å². The maximum Gasteiger partial charge on any atom is 0.183 e. The largest absolute Gasteiger partial charge is 0.479 e. The van der Waals surface area contributed by atoms with Crippen molar-refractivity contribution in [3.8, 4) is 0 Å². The molecule has 0 fully saturated rings. The molecule has 1 heterocycles. The average molecular weight is 112 g/mol. The van der Waals surface area contributed by atoms with Crippen molar-refractivity contribution in [3.63, 3.8) is 0 Å². The Morgan fingerprint density at radius 2 is 2.62 bits per heavy atom. The molecule has 0 aromatic carbocycles. The molecule has 1 rings (SSSR count). The Kier molecular flexibility index (Phi) is 1.89. The summed E-state index contributed by atoms with van der Waals surface area (Å²) in [6.45, 7) is 5.30. The van der Waals surface area contributed by atoms with E-state index in [2.05, 4.69) is 11.9 Å². The SMILES string of the molecule is [CH2]CCC1=NCCO1. The molecule has 0 aromatic rings. The van der Waals surface area contributed by atoms with Gasteiger partial charge >= 0.3 is 0 Å². The minimum absolute atomic E-state index is 0.773. The topological polar surface area (TPSA) is 21.6 Å². The van der Waals surface area contributed by atoms with Crippen molar-refractivity contribution in [1.82, 2.24) is 0 Å². The third kappa shape index (κ3) is 1.22. The Morgan fingerprint density at radius 1 is 1.75 bits per heavy atom. The number of hydrogen-bond donors (Lipinski definition) is 0. The number of ether oxygens (including phenoxy) is 1. The molecule has 0 amide bonds. The Morgan fingerprint density at radius 3 is 3.12 bits per heavy atom. The lowest BCUT2D eigenvalue weighted by molar-refractivity contribution is 0.338. The second-order valence-electron chi connectivity index (χ2n) is 1.73. The van der Waals surface area contributed by atoms with Gasteiger partial charge in [0.05, 0.1) is 6.54 Å². The zero-order valence-corrected chi connectivity index (χ0v) is 4.89. The lowest BCUT2D eigenvalue weighted by Gasteiger charge is -1.95. The van der Waals surface area contributed by atoms with Crippen LogP contribution in [0.15, 0.2) is 4.99 Å².